The molecule has 1 aliphatic rings. The number of carbonyl (C=O) groups is 1. The molecule has 3 heteroatoms. The van der Waals surface area contributed by atoms with Crippen molar-refractivity contribution in [2.75, 3.05) is 11.9 Å². The molecule has 3 rings (SSSR count). The summed E-state index contributed by atoms with van der Waals surface area (Å²) < 4.78 is 0. The summed E-state index contributed by atoms with van der Waals surface area (Å²) in [6, 6.07) is 16.1. The van der Waals surface area contributed by atoms with Gasteiger partial charge in [-0.1, -0.05) is 68.9 Å². The molecule has 2 nitrogen and oxygen atoms in total. The summed E-state index contributed by atoms with van der Waals surface area (Å²) in [6.45, 7) is 6.52. The first-order valence-corrected chi connectivity index (χ1v) is 8.55. The molecule has 118 valence electrons. The molecule has 0 unspecified atom stereocenters. The second kappa shape index (κ2) is 5.89. The van der Waals surface area contributed by atoms with Crippen molar-refractivity contribution >= 4 is 23.2 Å². The Balaban J connectivity index is 1.83. The first-order valence-electron chi connectivity index (χ1n) is 7.73. The van der Waals surface area contributed by atoms with E-state index in [1.807, 2.05) is 43.4 Å². The highest BCUT2D eigenvalue weighted by Gasteiger charge is 2.22. The fourth-order valence-electron chi connectivity index (χ4n) is 2.58. The first kappa shape index (κ1) is 15.9. The molecule has 0 spiro atoms. The van der Waals surface area contributed by atoms with Crippen LogP contribution in [0.25, 0.3) is 0 Å². The van der Waals surface area contributed by atoms with Crippen LogP contribution in [0.3, 0.4) is 0 Å². The maximum absolute atomic E-state index is 12.5. The minimum Gasteiger partial charge on any atom is -0.338 e. The summed E-state index contributed by atoms with van der Waals surface area (Å²) in [7, 11) is 2.00. The van der Waals surface area contributed by atoms with Gasteiger partial charge in [-0.2, -0.15) is 0 Å². The molecule has 2 aromatic carbocycles. The molecule has 1 heterocycles. The summed E-state index contributed by atoms with van der Waals surface area (Å²) in [5.41, 5.74) is 3.22. The third kappa shape index (κ3) is 3.20. The van der Waals surface area contributed by atoms with Crippen molar-refractivity contribution in [1.29, 1.82) is 0 Å². The SMILES string of the molecule is CN1C(=CC(=O)c2ccc(C(C)(C)C)cc2)Sc2ccccc21. The number of benzene rings is 2. The molecule has 0 bridgehead atoms. The number of nitrogens with zero attached hydrogens (tertiary/aromatic N) is 1. The third-order valence-corrected chi connectivity index (χ3v) is 5.23. The van der Waals surface area contributed by atoms with E-state index in [0.29, 0.717) is 0 Å². The Morgan fingerprint density at radius 3 is 2.30 bits per heavy atom. The van der Waals surface area contributed by atoms with E-state index in [1.165, 1.54) is 10.5 Å². The maximum Gasteiger partial charge on any atom is 0.188 e. The average molecular weight is 323 g/mol. The van der Waals surface area contributed by atoms with E-state index >= 15 is 0 Å². The summed E-state index contributed by atoms with van der Waals surface area (Å²) in [6.07, 6.45) is 1.73. The van der Waals surface area contributed by atoms with Gasteiger partial charge in [-0.05, 0) is 23.1 Å². The zero-order valence-electron chi connectivity index (χ0n) is 14.0. The van der Waals surface area contributed by atoms with Crippen molar-refractivity contribution in [2.45, 2.75) is 31.1 Å². The average Bonchev–Trinajstić information content (AvgIpc) is 2.83. The highest BCUT2D eigenvalue weighted by molar-refractivity contribution is 8.03. The standard InChI is InChI=1S/C20H21NOS/c1-20(2,3)15-11-9-14(10-12-15)17(22)13-19-21(4)16-7-5-6-8-18(16)23-19/h5-13H,1-4H3. The monoisotopic (exact) mass is 323 g/mol. The molecule has 1 aliphatic heterocycles. The molecule has 0 aromatic heterocycles. The van der Waals surface area contributed by atoms with Crippen LogP contribution in [0.5, 0.6) is 0 Å². The van der Waals surface area contributed by atoms with E-state index in [9.17, 15) is 4.79 Å². The van der Waals surface area contributed by atoms with Gasteiger partial charge in [0.2, 0.25) is 0 Å². The second-order valence-electron chi connectivity index (χ2n) is 6.80. The molecule has 0 saturated heterocycles. The van der Waals surface area contributed by atoms with Crippen LogP contribution in [0.1, 0.15) is 36.7 Å². The quantitative estimate of drug-likeness (QED) is 0.556. The Hall–Kier alpha value is -2.00. The van der Waals surface area contributed by atoms with Crippen LogP contribution in [0.4, 0.5) is 5.69 Å². The Labute approximate surface area is 142 Å². The van der Waals surface area contributed by atoms with Crippen molar-refractivity contribution in [3.05, 3.63) is 70.8 Å². The predicted molar refractivity (Wildman–Crippen MR) is 98.3 cm³/mol. The number of carbonyl (C=O) groups excluding carboxylic acids is 1. The minimum atomic E-state index is 0.0487. The van der Waals surface area contributed by atoms with E-state index in [-0.39, 0.29) is 11.2 Å². The normalized spacial score (nSPS) is 15.8. The van der Waals surface area contributed by atoms with Gasteiger partial charge in [0.1, 0.15) is 0 Å². The first-order chi connectivity index (χ1) is 10.9. The van der Waals surface area contributed by atoms with Crippen molar-refractivity contribution in [3.8, 4) is 0 Å². The largest absolute Gasteiger partial charge is 0.338 e. The van der Waals surface area contributed by atoms with Gasteiger partial charge < -0.3 is 4.90 Å². The van der Waals surface area contributed by atoms with E-state index in [2.05, 4.69) is 37.8 Å². The van der Waals surface area contributed by atoms with Gasteiger partial charge >= 0.3 is 0 Å². The van der Waals surface area contributed by atoms with Crippen LogP contribution in [0.2, 0.25) is 0 Å². The van der Waals surface area contributed by atoms with E-state index in [1.54, 1.807) is 17.8 Å². The molecule has 0 fully saturated rings. The van der Waals surface area contributed by atoms with Crippen molar-refractivity contribution in [1.82, 2.24) is 0 Å². The number of thioether (sulfide) groups is 1. The zero-order valence-corrected chi connectivity index (χ0v) is 14.8. The lowest BCUT2D eigenvalue weighted by Crippen LogP contribution is -2.12. The lowest BCUT2D eigenvalue weighted by atomic mass is 9.86. The van der Waals surface area contributed by atoms with Crippen molar-refractivity contribution in [3.63, 3.8) is 0 Å². The number of fused-ring (bicyclic) bond motifs is 1. The highest BCUT2D eigenvalue weighted by atomic mass is 32.2. The minimum absolute atomic E-state index is 0.0487. The fourth-order valence-corrected chi connectivity index (χ4v) is 3.66. The predicted octanol–water partition coefficient (Wildman–Crippen LogP) is 5.25. The Morgan fingerprint density at radius 1 is 1.04 bits per heavy atom. The molecular formula is C20H21NOS. The van der Waals surface area contributed by atoms with Gasteiger partial charge in [-0.15, -0.1) is 0 Å². The zero-order chi connectivity index (χ0) is 16.6. The van der Waals surface area contributed by atoms with Gasteiger partial charge in [0.05, 0.1) is 10.7 Å². The van der Waals surface area contributed by atoms with Gasteiger partial charge in [-0.25, -0.2) is 0 Å². The van der Waals surface area contributed by atoms with E-state index < -0.39 is 0 Å². The van der Waals surface area contributed by atoms with E-state index in [0.717, 1.165) is 16.3 Å². The number of para-hydroxylation sites is 1. The Bertz CT molecular complexity index is 769. The lowest BCUT2D eigenvalue weighted by molar-refractivity contribution is 0.104. The van der Waals surface area contributed by atoms with Gasteiger partial charge in [0.15, 0.2) is 5.78 Å². The number of anilines is 1. The van der Waals surface area contributed by atoms with Gasteiger partial charge in [-0.3, -0.25) is 4.79 Å². The van der Waals surface area contributed by atoms with Crippen LogP contribution in [-0.2, 0) is 5.41 Å². The van der Waals surface area contributed by atoms with Crippen LogP contribution in [0, 0.1) is 0 Å². The van der Waals surface area contributed by atoms with E-state index in [4.69, 9.17) is 0 Å². The number of ketones is 1. The van der Waals surface area contributed by atoms with Gasteiger partial charge in [0.25, 0.3) is 0 Å². The summed E-state index contributed by atoms with van der Waals surface area (Å²) in [5, 5.41) is 0.969. The molecular weight excluding hydrogens is 302 g/mol. The molecule has 0 aliphatic carbocycles. The number of hydrogen-bond donors (Lipinski definition) is 0. The Morgan fingerprint density at radius 2 is 1.70 bits per heavy atom. The molecule has 0 amide bonds. The highest BCUT2D eigenvalue weighted by Crippen LogP contribution is 2.44. The summed E-state index contributed by atoms with van der Waals surface area (Å²) in [4.78, 5) is 15.8. The summed E-state index contributed by atoms with van der Waals surface area (Å²) in [5.74, 6) is 0.0487. The maximum atomic E-state index is 12.5. The van der Waals surface area contributed by atoms with Crippen LogP contribution in [-0.4, -0.2) is 12.8 Å². The third-order valence-electron chi connectivity index (χ3n) is 4.06. The number of rotatable bonds is 2. The van der Waals surface area contributed by atoms with Crippen LogP contribution in [0.15, 0.2) is 64.5 Å². The second-order valence-corrected chi connectivity index (χ2v) is 7.87. The molecule has 2 aromatic rings. The number of allylic oxidation sites excluding steroid dienone is 1. The fraction of sp³-hybridized carbons (Fsp3) is 0.250. The molecule has 23 heavy (non-hydrogen) atoms. The molecule has 0 atom stereocenters. The van der Waals surface area contributed by atoms with Crippen LogP contribution < -0.4 is 4.90 Å². The molecule has 0 N–H and O–H groups in total. The topological polar surface area (TPSA) is 20.3 Å². The van der Waals surface area contributed by atoms with Gasteiger partial charge in [0, 0.05) is 23.6 Å². The van der Waals surface area contributed by atoms with Crippen molar-refractivity contribution < 1.29 is 4.79 Å². The smallest absolute Gasteiger partial charge is 0.188 e. The number of hydrogen-bond acceptors (Lipinski definition) is 3. The molecule has 0 radical (unpaired) electrons. The summed E-state index contributed by atoms with van der Waals surface area (Å²) >= 11 is 1.64. The van der Waals surface area contributed by atoms with Crippen LogP contribution >= 0.6 is 11.8 Å². The van der Waals surface area contributed by atoms with Crippen molar-refractivity contribution in [2.24, 2.45) is 0 Å². The lowest BCUT2D eigenvalue weighted by Gasteiger charge is -2.19. The molecule has 0 saturated carbocycles. The Kier molecular flexibility index (Phi) is 4.07.